The number of piperidine rings is 1. The van der Waals surface area contributed by atoms with E-state index >= 15 is 0 Å². The highest BCUT2D eigenvalue weighted by Crippen LogP contribution is 2.23. The normalized spacial score (nSPS) is 30.5. The van der Waals surface area contributed by atoms with Crippen molar-refractivity contribution in [3.63, 3.8) is 0 Å². The second-order valence-corrected chi connectivity index (χ2v) is 6.72. The summed E-state index contributed by atoms with van der Waals surface area (Å²) in [7, 11) is 2.28. The quantitative estimate of drug-likeness (QED) is 0.800. The lowest BCUT2D eigenvalue weighted by atomic mass is 9.85. The Morgan fingerprint density at radius 3 is 2.89 bits per heavy atom. The van der Waals surface area contributed by atoms with Crippen molar-refractivity contribution in [2.75, 3.05) is 46.4 Å². The van der Waals surface area contributed by atoms with Crippen LogP contribution < -0.4 is 5.32 Å². The van der Waals surface area contributed by atoms with Crippen molar-refractivity contribution in [2.24, 2.45) is 17.8 Å². The summed E-state index contributed by atoms with van der Waals surface area (Å²) in [5.74, 6) is 2.53. The summed E-state index contributed by atoms with van der Waals surface area (Å²) < 4.78 is 5.57. The Bertz CT molecular complexity index is 235. The largest absolute Gasteiger partial charge is 0.381 e. The van der Waals surface area contributed by atoms with Crippen molar-refractivity contribution in [3.05, 3.63) is 0 Å². The number of hydrogen-bond donors (Lipinski definition) is 1. The molecule has 0 amide bonds. The van der Waals surface area contributed by atoms with E-state index in [-0.39, 0.29) is 0 Å². The van der Waals surface area contributed by atoms with Crippen molar-refractivity contribution >= 4 is 0 Å². The van der Waals surface area contributed by atoms with Gasteiger partial charge in [0.2, 0.25) is 0 Å². The number of hydrogen-bond acceptors (Lipinski definition) is 3. The Balaban J connectivity index is 1.60. The van der Waals surface area contributed by atoms with E-state index in [1.54, 1.807) is 0 Å². The maximum atomic E-state index is 5.57. The third kappa shape index (κ3) is 5.41. The Morgan fingerprint density at radius 2 is 2.21 bits per heavy atom. The molecule has 19 heavy (non-hydrogen) atoms. The first-order chi connectivity index (χ1) is 9.25. The molecular formula is C16H32N2O. The molecule has 0 saturated carbocycles. The number of nitrogens with zero attached hydrogens (tertiary/aromatic N) is 1. The fraction of sp³-hybridized carbons (Fsp3) is 1.00. The molecule has 3 nitrogen and oxygen atoms in total. The lowest BCUT2D eigenvalue weighted by Crippen LogP contribution is -2.35. The molecule has 0 aromatic carbocycles. The van der Waals surface area contributed by atoms with Gasteiger partial charge in [0.1, 0.15) is 0 Å². The van der Waals surface area contributed by atoms with Gasteiger partial charge in [0.05, 0.1) is 6.61 Å². The van der Waals surface area contributed by atoms with Gasteiger partial charge in [-0.1, -0.05) is 6.92 Å². The smallest absolute Gasteiger partial charge is 0.0506 e. The van der Waals surface area contributed by atoms with Gasteiger partial charge in [-0.3, -0.25) is 0 Å². The molecule has 0 spiro atoms. The van der Waals surface area contributed by atoms with Crippen LogP contribution in [0.15, 0.2) is 0 Å². The lowest BCUT2D eigenvalue weighted by Gasteiger charge is -2.31. The van der Waals surface area contributed by atoms with Gasteiger partial charge in [-0.25, -0.2) is 0 Å². The van der Waals surface area contributed by atoms with E-state index in [0.29, 0.717) is 0 Å². The third-order valence-electron chi connectivity index (χ3n) is 4.93. The summed E-state index contributed by atoms with van der Waals surface area (Å²) in [6, 6.07) is 0. The molecule has 2 rings (SSSR count). The molecule has 1 N–H and O–H groups in total. The van der Waals surface area contributed by atoms with Gasteiger partial charge in [-0.15, -0.1) is 0 Å². The number of ether oxygens (including phenoxy) is 1. The van der Waals surface area contributed by atoms with E-state index < -0.39 is 0 Å². The molecule has 0 bridgehead atoms. The van der Waals surface area contributed by atoms with Crippen LogP contribution in [0.4, 0.5) is 0 Å². The second kappa shape index (κ2) is 8.23. The maximum Gasteiger partial charge on any atom is 0.0506 e. The molecule has 0 aromatic rings. The van der Waals surface area contributed by atoms with E-state index in [4.69, 9.17) is 4.74 Å². The van der Waals surface area contributed by atoms with E-state index in [9.17, 15) is 0 Å². The van der Waals surface area contributed by atoms with E-state index in [1.807, 2.05) is 0 Å². The summed E-state index contributed by atoms with van der Waals surface area (Å²) in [5.41, 5.74) is 0. The van der Waals surface area contributed by atoms with Crippen molar-refractivity contribution in [3.8, 4) is 0 Å². The van der Waals surface area contributed by atoms with Crippen LogP contribution in [-0.4, -0.2) is 51.3 Å². The van der Waals surface area contributed by atoms with Crippen LogP contribution in [0.1, 0.15) is 39.0 Å². The van der Waals surface area contributed by atoms with Crippen molar-refractivity contribution in [2.45, 2.75) is 39.0 Å². The Labute approximate surface area is 119 Å². The molecular weight excluding hydrogens is 236 g/mol. The predicted molar refractivity (Wildman–Crippen MR) is 80.4 cm³/mol. The minimum atomic E-state index is 0.769. The first-order valence-corrected chi connectivity index (χ1v) is 8.22. The van der Waals surface area contributed by atoms with Crippen LogP contribution in [0.5, 0.6) is 0 Å². The summed E-state index contributed by atoms with van der Waals surface area (Å²) in [6.07, 6.45) is 6.74. The molecule has 0 aromatic heterocycles. The molecule has 2 aliphatic rings. The molecule has 0 aliphatic carbocycles. The van der Waals surface area contributed by atoms with Crippen LogP contribution in [0.3, 0.4) is 0 Å². The molecule has 2 heterocycles. The summed E-state index contributed by atoms with van der Waals surface area (Å²) in [4.78, 5) is 2.52. The third-order valence-corrected chi connectivity index (χ3v) is 4.93. The van der Waals surface area contributed by atoms with Crippen LogP contribution in [0.25, 0.3) is 0 Å². The molecule has 2 fully saturated rings. The SMILES string of the molecule is CC(CCN(C)CC1CCCOC1)C1CCCNC1. The van der Waals surface area contributed by atoms with Crippen molar-refractivity contribution < 1.29 is 4.74 Å². The molecule has 112 valence electrons. The van der Waals surface area contributed by atoms with Gasteiger partial charge in [0, 0.05) is 13.2 Å². The van der Waals surface area contributed by atoms with Crippen molar-refractivity contribution in [1.82, 2.24) is 10.2 Å². The number of nitrogens with one attached hydrogen (secondary N) is 1. The molecule has 3 heteroatoms. The number of rotatable bonds is 6. The summed E-state index contributed by atoms with van der Waals surface area (Å²) in [5, 5.41) is 3.54. The zero-order valence-electron chi connectivity index (χ0n) is 12.9. The highest BCUT2D eigenvalue weighted by molar-refractivity contribution is 4.75. The van der Waals surface area contributed by atoms with Gasteiger partial charge in [-0.2, -0.15) is 0 Å². The van der Waals surface area contributed by atoms with Gasteiger partial charge in [0.15, 0.2) is 0 Å². The van der Waals surface area contributed by atoms with Crippen LogP contribution in [0.2, 0.25) is 0 Å². The van der Waals surface area contributed by atoms with Gasteiger partial charge < -0.3 is 15.0 Å². The van der Waals surface area contributed by atoms with Gasteiger partial charge in [0.25, 0.3) is 0 Å². The van der Waals surface area contributed by atoms with Gasteiger partial charge in [-0.05, 0) is 76.5 Å². The molecule has 2 aliphatic heterocycles. The molecule has 3 unspecified atom stereocenters. The first kappa shape index (κ1) is 15.3. The average molecular weight is 268 g/mol. The zero-order chi connectivity index (χ0) is 13.5. The minimum absolute atomic E-state index is 0.769. The lowest BCUT2D eigenvalue weighted by molar-refractivity contribution is 0.0411. The molecule has 3 atom stereocenters. The highest BCUT2D eigenvalue weighted by Gasteiger charge is 2.21. The highest BCUT2D eigenvalue weighted by atomic mass is 16.5. The van der Waals surface area contributed by atoms with Crippen LogP contribution >= 0.6 is 0 Å². The molecule has 0 radical (unpaired) electrons. The first-order valence-electron chi connectivity index (χ1n) is 8.22. The second-order valence-electron chi connectivity index (χ2n) is 6.72. The summed E-state index contributed by atoms with van der Waals surface area (Å²) >= 11 is 0. The van der Waals surface area contributed by atoms with E-state index in [2.05, 4.69) is 24.2 Å². The fourth-order valence-electron chi connectivity index (χ4n) is 3.51. The minimum Gasteiger partial charge on any atom is -0.381 e. The summed E-state index contributed by atoms with van der Waals surface area (Å²) in [6.45, 7) is 9.32. The average Bonchev–Trinajstić information content (AvgIpc) is 2.47. The Kier molecular flexibility index (Phi) is 6.62. The maximum absolute atomic E-state index is 5.57. The standard InChI is InChI=1S/C16H32N2O/c1-14(16-6-3-8-17-11-16)7-9-18(2)12-15-5-4-10-19-13-15/h14-17H,3-13H2,1-2H3. The predicted octanol–water partition coefficient (Wildman–Crippen LogP) is 2.37. The fourth-order valence-corrected chi connectivity index (χ4v) is 3.51. The van der Waals surface area contributed by atoms with E-state index in [1.165, 1.54) is 58.3 Å². The Hall–Kier alpha value is -0.120. The van der Waals surface area contributed by atoms with Gasteiger partial charge >= 0.3 is 0 Å². The zero-order valence-corrected chi connectivity index (χ0v) is 12.9. The van der Waals surface area contributed by atoms with E-state index in [0.717, 1.165) is 31.0 Å². The topological polar surface area (TPSA) is 24.5 Å². The van der Waals surface area contributed by atoms with Crippen LogP contribution in [-0.2, 0) is 4.74 Å². The van der Waals surface area contributed by atoms with Crippen LogP contribution in [0, 0.1) is 17.8 Å². The Morgan fingerprint density at radius 1 is 1.32 bits per heavy atom. The van der Waals surface area contributed by atoms with Crippen molar-refractivity contribution in [1.29, 1.82) is 0 Å². The molecule has 2 saturated heterocycles. The monoisotopic (exact) mass is 268 g/mol.